The molecule has 1 aliphatic heterocycles. The molecule has 1 aliphatic rings. The van der Waals surface area contributed by atoms with Crippen LogP contribution in [0.3, 0.4) is 0 Å². The first-order valence-corrected chi connectivity index (χ1v) is 9.99. The zero-order chi connectivity index (χ0) is 18.5. The van der Waals surface area contributed by atoms with Gasteiger partial charge >= 0.3 is 0 Å². The first-order chi connectivity index (χ1) is 12.6. The van der Waals surface area contributed by atoms with Gasteiger partial charge in [-0.05, 0) is 61.7 Å². The number of nitrogens with one attached hydrogen (secondary N) is 1. The van der Waals surface area contributed by atoms with Crippen LogP contribution in [-0.4, -0.2) is 49.3 Å². The van der Waals surface area contributed by atoms with Crippen molar-refractivity contribution < 1.29 is 9.18 Å². The zero-order valence-electron chi connectivity index (χ0n) is 15.1. The van der Waals surface area contributed by atoms with E-state index in [0.717, 1.165) is 37.6 Å². The number of halogens is 1. The van der Waals surface area contributed by atoms with Gasteiger partial charge in [0.2, 0.25) is 5.91 Å². The minimum absolute atomic E-state index is 0.0112. The Balaban J connectivity index is 1.52. The summed E-state index contributed by atoms with van der Waals surface area (Å²) in [4.78, 5) is 18.1. The fraction of sp³-hybridized carbons (Fsp3) is 0.350. The molecule has 0 bridgehead atoms. The molecule has 0 spiro atoms. The Morgan fingerprint density at radius 2 is 1.65 bits per heavy atom. The molecule has 26 heavy (non-hydrogen) atoms. The number of piperazine rings is 1. The highest BCUT2D eigenvalue weighted by Crippen LogP contribution is 2.20. The molecule has 1 fully saturated rings. The summed E-state index contributed by atoms with van der Waals surface area (Å²) in [5, 5.41) is 2.99. The summed E-state index contributed by atoms with van der Waals surface area (Å²) >= 11 is 1.68. The maximum Gasteiger partial charge on any atom is 0.241 e. The molecule has 1 atom stereocenters. The third-order valence-electron chi connectivity index (χ3n) is 4.79. The summed E-state index contributed by atoms with van der Waals surface area (Å²) < 4.78 is 13.1. The lowest BCUT2D eigenvalue weighted by molar-refractivity contribution is -0.120. The van der Waals surface area contributed by atoms with Gasteiger partial charge in [0.1, 0.15) is 5.82 Å². The van der Waals surface area contributed by atoms with Crippen molar-refractivity contribution >= 4 is 29.0 Å². The van der Waals surface area contributed by atoms with Gasteiger partial charge in [0.15, 0.2) is 0 Å². The smallest absolute Gasteiger partial charge is 0.241 e. The number of rotatable bonds is 5. The van der Waals surface area contributed by atoms with Crippen LogP contribution >= 0.6 is 11.8 Å². The highest BCUT2D eigenvalue weighted by Gasteiger charge is 2.25. The molecule has 1 heterocycles. The lowest BCUT2D eigenvalue weighted by atomic mass is 10.2. The van der Waals surface area contributed by atoms with E-state index >= 15 is 0 Å². The minimum Gasteiger partial charge on any atom is -0.369 e. The van der Waals surface area contributed by atoms with Crippen LogP contribution in [0.15, 0.2) is 53.4 Å². The summed E-state index contributed by atoms with van der Waals surface area (Å²) in [5.74, 6) is -0.208. The van der Waals surface area contributed by atoms with Gasteiger partial charge in [-0.1, -0.05) is 0 Å². The molecule has 0 aromatic heterocycles. The summed E-state index contributed by atoms with van der Waals surface area (Å²) in [5.41, 5.74) is 1.85. The average molecular weight is 373 g/mol. The monoisotopic (exact) mass is 373 g/mol. The Hall–Kier alpha value is -2.05. The molecule has 2 aromatic carbocycles. The lowest BCUT2D eigenvalue weighted by Gasteiger charge is -2.38. The Labute approximate surface area is 158 Å². The van der Waals surface area contributed by atoms with Gasteiger partial charge in [0.05, 0.1) is 6.04 Å². The van der Waals surface area contributed by atoms with Crippen LogP contribution in [0.25, 0.3) is 0 Å². The van der Waals surface area contributed by atoms with Gasteiger partial charge in [0.25, 0.3) is 0 Å². The predicted octanol–water partition coefficient (Wildman–Crippen LogP) is 3.70. The van der Waals surface area contributed by atoms with E-state index in [2.05, 4.69) is 15.1 Å². The quantitative estimate of drug-likeness (QED) is 0.811. The van der Waals surface area contributed by atoms with E-state index in [1.807, 2.05) is 37.4 Å². The maximum atomic E-state index is 13.1. The molecule has 138 valence electrons. The molecular formula is C20H24FN3OS. The van der Waals surface area contributed by atoms with E-state index < -0.39 is 0 Å². The Kier molecular flexibility index (Phi) is 6.16. The molecule has 1 unspecified atom stereocenters. The van der Waals surface area contributed by atoms with E-state index in [0.29, 0.717) is 0 Å². The minimum atomic E-state index is -0.219. The molecule has 3 rings (SSSR count). The molecule has 0 saturated carbocycles. The fourth-order valence-corrected chi connectivity index (χ4v) is 3.51. The van der Waals surface area contributed by atoms with Crippen LogP contribution in [0.1, 0.15) is 6.92 Å². The van der Waals surface area contributed by atoms with E-state index in [4.69, 9.17) is 0 Å². The summed E-state index contributed by atoms with van der Waals surface area (Å²) in [6, 6.07) is 14.3. The SMILES string of the molecule is CSc1ccc(NC(=O)C(C)N2CCN(c3ccc(F)cc3)CC2)cc1. The van der Waals surface area contributed by atoms with Crippen molar-refractivity contribution in [2.45, 2.75) is 17.9 Å². The van der Waals surface area contributed by atoms with Crippen LogP contribution in [0, 0.1) is 5.82 Å². The lowest BCUT2D eigenvalue weighted by Crippen LogP contribution is -2.52. The standard InChI is InChI=1S/C20H24FN3OS/c1-15(20(25)22-17-5-9-19(26-2)10-6-17)23-11-13-24(14-12-23)18-7-3-16(21)4-8-18/h3-10,15H,11-14H2,1-2H3,(H,22,25). The van der Waals surface area contributed by atoms with Crippen molar-refractivity contribution in [3.8, 4) is 0 Å². The first kappa shape index (κ1) is 18.7. The maximum absolute atomic E-state index is 13.1. The highest BCUT2D eigenvalue weighted by molar-refractivity contribution is 7.98. The molecular weight excluding hydrogens is 349 g/mol. The number of thioether (sulfide) groups is 1. The first-order valence-electron chi connectivity index (χ1n) is 8.76. The third kappa shape index (κ3) is 4.56. The van der Waals surface area contributed by atoms with Crippen molar-refractivity contribution in [3.63, 3.8) is 0 Å². The van der Waals surface area contributed by atoms with Crippen molar-refractivity contribution in [3.05, 3.63) is 54.3 Å². The molecule has 1 amide bonds. The van der Waals surface area contributed by atoms with Gasteiger partial charge in [0, 0.05) is 42.4 Å². The van der Waals surface area contributed by atoms with Crippen LogP contribution in [0.5, 0.6) is 0 Å². The van der Waals surface area contributed by atoms with Crippen molar-refractivity contribution in [1.29, 1.82) is 0 Å². The number of amides is 1. The number of carbonyl (C=O) groups is 1. The van der Waals surface area contributed by atoms with Crippen molar-refractivity contribution in [2.24, 2.45) is 0 Å². The normalized spacial score (nSPS) is 16.3. The molecule has 0 aliphatic carbocycles. The summed E-state index contributed by atoms with van der Waals surface area (Å²) in [7, 11) is 0. The van der Waals surface area contributed by atoms with Gasteiger partial charge in [-0.3, -0.25) is 9.69 Å². The van der Waals surface area contributed by atoms with E-state index in [9.17, 15) is 9.18 Å². The topological polar surface area (TPSA) is 35.6 Å². The van der Waals surface area contributed by atoms with Crippen LogP contribution < -0.4 is 10.2 Å². The fourth-order valence-electron chi connectivity index (χ4n) is 3.11. The Bertz CT molecular complexity index is 728. The Morgan fingerprint density at radius 3 is 2.23 bits per heavy atom. The number of carbonyl (C=O) groups excluding carboxylic acids is 1. The molecule has 0 radical (unpaired) electrons. The zero-order valence-corrected chi connectivity index (χ0v) is 15.9. The van der Waals surface area contributed by atoms with Crippen LogP contribution in [0.4, 0.5) is 15.8 Å². The molecule has 4 nitrogen and oxygen atoms in total. The second-order valence-corrected chi connectivity index (χ2v) is 7.27. The van der Waals surface area contributed by atoms with Gasteiger partial charge in [-0.15, -0.1) is 11.8 Å². The molecule has 1 N–H and O–H groups in total. The number of nitrogens with zero attached hydrogens (tertiary/aromatic N) is 2. The van der Waals surface area contributed by atoms with Crippen LogP contribution in [0.2, 0.25) is 0 Å². The Morgan fingerprint density at radius 1 is 1.04 bits per heavy atom. The van der Waals surface area contributed by atoms with E-state index in [-0.39, 0.29) is 17.8 Å². The predicted molar refractivity (Wildman–Crippen MR) is 107 cm³/mol. The number of hydrogen-bond acceptors (Lipinski definition) is 4. The largest absolute Gasteiger partial charge is 0.369 e. The van der Waals surface area contributed by atoms with E-state index in [1.54, 1.807) is 23.9 Å². The van der Waals surface area contributed by atoms with Crippen LogP contribution in [-0.2, 0) is 4.79 Å². The second-order valence-electron chi connectivity index (χ2n) is 6.39. The summed E-state index contributed by atoms with van der Waals surface area (Å²) in [6.45, 7) is 5.20. The van der Waals surface area contributed by atoms with Crippen molar-refractivity contribution in [1.82, 2.24) is 4.90 Å². The molecule has 2 aromatic rings. The number of anilines is 2. The third-order valence-corrected chi connectivity index (χ3v) is 5.53. The van der Waals surface area contributed by atoms with Gasteiger partial charge in [-0.25, -0.2) is 4.39 Å². The summed E-state index contributed by atoms with van der Waals surface area (Å²) in [6.07, 6.45) is 2.03. The van der Waals surface area contributed by atoms with Gasteiger partial charge in [-0.2, -0.15) is 0 Å². The van der Waals surface area contributed by atoms with E-state index in [1.165, 1.54) is 17.0 Å². The number of benzene rings is 2. The average Bonchev–Trinajstić information content (AvgIpc) is 2.69. The number of hydrogen-bond donors (Lipinski definition) is 1. The molecule has 6 heteroatoms. The highest BCUT2D eigenvalue weighted by atomic mass is 32.2. The van der Waals surface area contributed by atoms with Crippen molar-refractivity contribution in [2.75, 3.05) is 42.7 Å². The second kappa shape index (κ2) is 8.56. The van der Waals surface area contributed by atoms with Gasteiger partial charge < -0.3 is 10.2 Å². The molecule has 1 saturated heterocycles.